The Morgan fingerprint density at radius 2 is 1.83 bits per heavy atom. The molecule has 0 bridgehead atoms. The minimum atomic E-state index is -0.230. The van der Waals surface area contributed by atoms with Crippen molar-refractivity contribution in [1.82, 2.24) is 15.0 Å². The van der Waals surface area contributed by atoms with E-state index in [0.29, 0.717) is 29.1 Å². The van der Waals surface area contributed by atoms with Gasteiger partial charge in [-0.2, -0.15) is 0 Å². The number of aryl methyl sites for hydroxylation is 1. The molecular formula is C22H18N4O3. The fourth-order valence-electron chi connectivity index (χ4n) is 3.04. The lowest BCUT2D eigenvalue weighted by Crippen LogP contribution is -2.17. The first kappa shape index (κ1) is 18.4. The highest BCUT2D eigenvalue weighted by molar-refractivity contribution is 5.90. The highest BCUT2D eigenvalue weighted by Crippen LogP contribution is 2.20. The second kappa shape index (κ2) is 7.93. The van der Waals surface area contributed by atoms with Crippen LogP contribution in [0.15, 0.2) is 71.8 Å². The lowest BCUT2D eigenvalue weighted by Gasteiger charge is -2.06. The lowest BCUT2D eigenvalue weighted by atomic mass is 10.1. The van der Waals surface area contributed by atoms with E-state index in [1.165, 1.54) is 12.4 Å². The van der Waals surface area contributed by atoms with Gasteiger partial charge < -0.3 is 15.4 Å². The van der Waals surface area contributed by atoms with E-state index >= 15 is 0 Å². The van der Waals surface area contributed by atoms with Gasteiger partial charge in [0, 0.05) is 23.1 Å². The van der Waals surface area contributed by atoms with Crippen LogP contribution in [-0.4, -0.2) is 26.0 Å². The standard InChI is InChI=1S/C22H18N4O3/c27-18-6-3-5-15(11-18)21-23-12-17(13-24-21)25-20(28)9-8-16-10-14-4-1-2-7-19(14)26-22(16)29/h1-7,10-13,27H,8-9H2,(H,25,28)(H,26,29). The van der Waals surface area contributed by atoms with Crippen LogP contribution in [0.3, 0.4) is 0 Å². The summed E-state index contributed by atoms with van der Waals surface area (Å²) in [4.78, 5) is 35.7. The van der Waals surface area contributed by atoms with E-state index in [1.807, 2.05) is 30.3 Å². The van der Waals surface area contributed by atoms with E-state index in [9.17, 15) is 14.7 Å². The number of anilines is 1. The van der Waals surface area contributed by atoms with Crippen LogP contribution in [0.4, 0.5) is 5.69 Å². The molecule has 2 heterocycles. The summed E-state index contributed by atoms with van der Waals surface area (Å²) >= 11 is 0. The molecular weight excluding hydrogens is 368 g/mol. The molecule has 0 atom stereocenters. The van der Waals surface area contributed by atoms with Crippen molar-refractivity contribution in [3.05, 3.63) is 82.9 Å². The van der Waals surface area contributed by atoms with E-state index in [-0.39, 0.29) is 23.6 Å². The zero-order chi connectivity index (χ0) is 20.2. The third kappa shape index (κ3) is 4.30. The Hall–Kier alpha value is -4.00. The van der Waals surface area contributed by atoms with Gasteiger partial charge in [0.15, 0.2) is 5.82 Å². The number of nitrogens with zero attached hydrogens (tertiary/aromatic N) is 2. The second-order valence-electron chi connectivity index (χ2n) is 6.60. The van der Waals surface area contributed by atoms with Crippen LogP contribution >= 0.6 is 0 Å². The number of carbonyl (C=O) groups is 1. The summed E-state index contributed by atoms with van der Waals surface area (Å²) in [5.41, 5.74) is 2.30. The van der Waals surface area contributed by atoms with E-state index in [2.05, 4.69) is 20.3 Å². The van der Waals surface area contributed by atoms with Gasteiger partial charge >= 0.3 is 0 Å². The van der Waals surface area contributed by atoms with Crippen LogP contribution in [0, 0.1) is 0 Å². The Balaban J connectivity index is 1.40. The van der Waals surface area contributed by atoms with Crippen LogP contribution < -0.4 is 10.9 Å². The van der Waals surface area contributed by atoms with Crippen LogP contribution in [0.5, 0.6) is 5.75 Å². The first-order chi connectivity index (χ1) is 14.1. The molecule has 1 amide bonds. The highest BCUT2D eigenvalue weighted by Gasteiger charge is 2.09. The molecule has 0 aliphatic rings. The van der Waals surface area contributed by atoms with Gasteiger partial charge in [0.05, 0.1) is 18.1 Å². The first-order valence-electron chi connectivity index (χ1n) is 9.11. The summed E-state index contributed by atoms with van der Waals surface area (Å²) in [6.45, 7) is 0. The largest absolute Gasteiger partial charge is 0.508 e. The summed E-state index contributed by atoms with van der Waals surface area (Å²) in [6.07, 6.45) is 3.50. The Morgan fingerprint density at radius 1 is 1.03 bits per heavy atom. The maximum Gasteiger partial charge on any atom is 0.251 e. The number of phenols is 1. The van der Waals surface area contributed by atoms with Crippen molar-refractivity contribution in [3.63, 3.8) is 0 Å². The van der Waals surface area contributed by atoms with E-state index in [1.54, 1.807) is 24.3 Å². The molecule has 0 saturated carbocycles. The number of fused-ring (bicyclic) bond motifs is 1. The first-order valence-corrected chi connectivity index (χ1v) is 9.11. The lowest BCUT2D eigenvalue weighted by molar-refractivity contribution is -0.116. The predicted octanol–water partition coefficient (Wildman–Crippen LogP) is 3.26. The molecule has 7 nitrogen and oxygen atoms in total. The molecule has 0 spiro atoms. The molecule has 0 aliphatic heterocycles. The van der Waals surface area contributed by atoms with Crippen molar-refractivity contribution >= 4 is 22.5 Å². The van der Waals surface area contributed by atoms with Gasteiger partial charge in [-0.1, -0.05) is 30.3 Å². The van der Waals surface area contributed by atoms with Crippen molar-refractivity contribution in [2.24, 2.45) is 0 Å². The zero-order valence-corrected chi connectivity index (χ0v) is 15.4. The minimum Gasteiger partial charge on any atom is -0.508 e. The fraction of sp³-hybridized carbons (Fsp3) is 0.0909. The molecule has 3 N–H and O–H groups in total. The Kier molecular flexibility index (Phi) is 5.03. The van der Waals surface area contributed by atoms with Gasteiger partial charge in [-0.15, -0.1) is 0 Å². The smallest absolute Gasteiger partial charge is 0.251 e. The van der Waals surface area contributed by atoms with E-state index in [0.717, 1.165) is 10.9 Å². The van der Waals surface area contributed by atoms with E-state index in [4.69, 9.17) is 0 Å². The second-order valence-corrected chi connectivity index (χ2v) is 6.60. The van der Waals surface area contributed by atoms with Crippen molar-refractivity contribution in [2.45, 2.75) is 12.8 Å². The van der Waals surface area contributed by atoms with E-state index < -0.39 is 0 Å². The number of carbonyl (C=O) groups excluding carboxylic acids is 1. The third-order valence-electron chi connectivity index (χ3n) is 4.49. The van der Waals surface area contributed by atoms with Crippen LogP contribution in [0.2, 0.25) is 0 Å². The molecule has 0 radical (unpaired) electrons. The van der Waals surface area contributed by atoms with Gasteiger partial charge in [0.1, 0.15) is 5.75 Å². The van der Waals surface area contributed by atoms with Crippen LogP contribution in [0.25, 0.3) is 22.3 Å². The molecule has 0 unspecified atom stereocenters. The Bertz CT molecular complexity index is 1230. The molecule has 0 aliphatic carbocycles. The Labute approximate surface area is 166 Å². The number of hydrogen-bond donors (Lipinski definition) is 3. The number of aromatic nitrogens is 3. The highest BCUT2D eigenvalue weighted by atomic mass is 16.3. The van der Waals surface area contributed by atoms with Gasteiger partial charge in [-0.25, -0.2) is 9.97 Å². The number of aromatic hydroxyl groups is 1. The molecule has 0 fully saturated rings. The monoisotopic (exact) mass is 386 g/mol. The summed E-state index contributed by atoms with van der Waals surface area (Å²) in [6, 6.07) is 16.0. The number of pyridine rings is 1. The van der Waals surface area contributed by atoms with Gasteiger partial charge in [0.2, 0.25) is 5.91 Å². The Morgan fingerprint density at radius 3 is 2.62 bits per heavy atom. The molecule has 4 aromatic rings. The summed E-state index contributed by atoms with van der Waals surface area (Å²) in [5.74, 6) is 0.347. The molecule has 0 saturated heterocycles. The molecule has 144 valence electrons. The van der Waals surface area contributed by atoms with Gasteiger partial charge in [0.25, 0.3) is 5.56 Å². The minimum absolute atomic E-state index is 0.132. The number of hydrogen-bond acceptors (Lipinski definition) is 5. The van der Waals surface area contributed by atoms with Crippen LogP contribution in [0.1, 0.15) is 12.0 Å². The SMILES string of the molecule is O=C(CCc1cc2ccccc2[nH]c1=O)Nc1cnc(-c2cccc(O)c2)nc1. The summed E-state index contributed by atoms with van der Waals surface area (Å²) in [7, 11) is 0. The summed E-state index contributed by atoms with van der Waals surface area (Å²) < 4.78 is 0. The van der Waals surface area contributed by atoms with Gasteiger partial charge in [-0.3, -0.25) is 9.59 Å². The third-order valence-corrected chi connectivity index (χ3v) is 4.49. The fourth-order valence-corrected chi connectivity index (χ4v) is 3.04. The van der Waals surface area contributed by atoms with Crippen LogP contribution in [-0.2, 0) is 11.2 Å². The quantitative estimate of drug-likeness (QED) is 0.488. The number of rotatable bonds is 5. The molecule has 2 aromatic carbocycles. The number of H-pyrrole nitrogens is 1. The van der Waals surface area contributed by atoms with Crippen molar-refractivity contribution in [2.75, 3.05) is 5.32 Å². The predicted molar refractivity (Wildman–Crippen MR) is 111 cm³/mol. The van der Waals surface area contributed by atoms with Crippen molar-refractivity contribution < 1.29 is 9.90 Å². The normalized spacial score (nSPS) is 10.8. The molecule has 2 aromatic heterocycles. The number of aromatic amines is 1. The number of amides is 1. The number of nitrogens with one attached hydrogen (secondary N) is 2. The summed E-state index contributed by atoms with van der Waals surface area (Å²) in [5, 5.41) is 13.2. The molecule has 7 heteroatoms. The van der Waals surface area contributed by atoms with Crippen molar-refractivity contribution in [3.8, 4) is 17.1 Å². The average Bonchev–Trinajstić information content (AvgIpc) is 2.73. The topological polar surface area (TPSA) is 108 Å². The van der Waals surface area contributed by atoms with Crippen molar-refractivity contribution in [1.29, 1.82) is 0 Å². The number of benzene rings is 2. The number of para-hydroxylation sites is 1. The zero-order valence-electron chi connectivity index (χ0n) is 15.4. The maximum absolute atomic E-state index is 12.2. The number of phenolic OH excluding ortho intramolecular Hbond substituents is 1. The molecule has 29 heavy (non-hydrogen) atoms. The maximum atomic E-state index is 12.2. The average molecular weight is 386 g/mol. The molecule has 4 rings (SSSR count). The van der Waals surface area contributed by atoms with Gasteiger partial charge in [-0.05, 0) is 36.1 Å².